The topological polar surface area (TPSA) is 61.8 Å². The van der Waals surface area contributed by atoms with Crippen LogP contribution in [-0.2, 0) is 4.79 Å². The Morgan fingerprint density at radius 1 is 1.08 bits per heavy atom. The second kappa shape index (κ2) is 8.17. The molecule has 0 N–H and O–H groups in total. The van der Waals surface area contributed by atoms with E-state index < -0.39 is 5.97 Å². The molecule has 5 nitrogen and oxygen atoms in total. The summed E-state index contributed by atoms with van der Waals surface area (Å²) in [5.41, 5.74) is 0.492. The molecule has 0 saturated carbocycles. The summed E-state index contributed by atoms with van der Waals surface area (Å²) in [6, 6.07) is 9.53. The van der Waals surface area contributed by atoms with Crippen LogP contribution in [0.4, 0.5) is 0 Å². The van der Waals surface area contributed by atoms with Crippen LogP contribution in [0.3, 0.4) is 0 Å². The number of ketones is 1. The Labute approximate surface area is 152 Å². The van der Waals surface area contributed by atoms with Gasteiger partial charge in [0.1, 0.15) is 5.75 Å². The molecule has 0 bridgehead atoms. The van der Waals surface area contributed by atoms with Crippen molar-refractivity contribution < 1.29 is 23.8 Å². The first kappa shape index (κ1) is 18.3. The molecule has 0 atom stereocenters. The Morgan fingerprint density at radius 2 is 1.79 bits per heavy atom. The molecule has 0 aliphatic rings. The predicted molar refractivity (Wildman–Crippen MR) is 93.3 cm³/mol. The summed E-state index contributed by atoms with van der Waals surface area (Å²) in [5.74, 6) is 0.368. The summed E-state index contributed by atoms with van der Waals surface area (Å²) in [6.07, 6.45) is 0. The molecule has 7 heteroatoms. The lowest BCUT2D eigenvalue weighted by Gasteiger charge is -2.11. The molecule has 126 valence electrons. The predicted octanol–water partition coefficient (Wildman–Crippen LogP) is 4.30. The maximum Gasteiger partial charge on any atom is 0.349 e. The lowest BCUT2D eigenvalue weighted by atomic mass is 10.1. The number of carbonyl (C=O) groups excluding carboxylic acids is 2. The highest BCUT2D eigenvalue weighted by Crippen LogP contribution is 2.29. The first-order valence-electron chi connectivity index (χ1n) is 6.88. The number of esters is 1. The van der Waals surface area contributed by atoms with Gasteiger partial charge < -0.3 is 14.2 Å². The largest absolute Gasteiger partial charge is 0.493 e. The standard InChI is InChI=1S/C17H14BrClO5/c1-10(20)11-3-5-15(16(7-11)22-2)23-9-17(21)24-14-6-4-12(19)8-13(14)18/h3-8H,9H2,1-2H3. The van der Waals surface area contributed by atoms with Gasteiger partial charge in [-0.05, 0) is 59.3 Å². The number of Topliss-reactive ketones (excluding diaryl/α,β-unsaturated/α-hetero) is 1. The Bertz CT molecular complexity index is 776. The van der Waals surface area contributed by atoms with Gasteiger partial charge in [0.2, 0.25) is 0 Å². The van der Waals surface area contributed by atoms with Gasteiger partial charge in [0.05, 0.1) is 11.6 Å². The zero-order valence-electron chi connectivity index (χ0n) is 13.0. The fourth-order valence-electron chi connectivity index (χ4n) is 1.85. The zero-order valence-corrected chi connectivity index (χ0v) is 15.3. The molecule has 0 unspecified atom stereocenters. The zero-order chi connectivity index (χ0) is 17.7. The van der Waals surface area contributed by atoms with Crippen molar-refractivity contribution in [3.63, 3.8) is 0 Å². The van der Waals surface area contributed by atoms with Gasteiger partial charge in [-0.2, -0.15) is 0 Å². The van der Waals surface area contributed by atoms with Gasteiger partial charge in [-0.15, -0.1) is 0 Å². The van der Waals surface area contributed by atoms with E-state index in [-0.39, 0.29) is 12.4 Å². The van der Waals surface area contributed by atoms with Gasteiger partial charge in [-0.1, -0.05) is 11.6 Å². The first-order valence-corrected chi connectivity index (χ1v) is 8.05. The monoisotopic (exact) mass is 412 g/mol. The summed E-state index contributed by atoms with van der Waals surface area (Å²) >= 11 is 9.09. The van der Waals surface area contributed by atoms with Crippen molar-refractivity contribution in [2.75, 3.05) is 13.7 Å². The van der Waals surface area contributed by atoms with Crippen LogP contribution < -0.4 is 14.2 Å². The number of halogens is 2. The number of carbonyl (C=O) groups is 2. The molecule has 0 fully saturated rings. The van der Waals surface area contributed by atoms with Gasteiger partial charge in [0, 0.05) is 10.6 Å². The molecule has 0 aliphatic carbocycles. The van der Waals surface area contributed by atoms with E-state index >= 15 is 0 Å². The van der Waals surface area contributed by atoms with E-state index in [0.717, 1.165) is 0 Å². The van der Waals surface area contributed by atoms with Crippen LogP contribution in [0.2, 0.25) is 5.02 Å². The summed E-state index contributed by atoms with van der Waals surface area (Å²) in [7, 11) is 1.45. The number of rotatable bonds is 6. The second-order valence-electron chi connectivity index (χ2n) is 4.76. The average Bonchev–Trinajstić information content (AvgIpc) is 2.55. The Kier molecular flexibility index (Phi) is 6.23. The number of hydrogen-bond acceptors (Lipinski definition) is 5. The van der Waals surface area contributed by atoms with E-state index in [9.17, 15) is 9.59 Å². The van der Waals surface area contributed by atoms with Crippen LogP contribution >= 0.6 is 27.5 Å². The Hall–Kier alpha value is -2.05. The quantitative estimate of drug-likeness (QED) is 0.401. The van der Waals surface area contributed by atoms with E-state index in [0.29, 0.717) is 32.3 Å². The molecule has 2 aromatic carbocycles. The molecule has 0 amide bonds. The fraction of sp³-hybridized carbons (Fsp3) is 0.176. The summed E-state index contributed by atoms with van der Waals surface area (Å²) in [4.78, 5) is 23.3. The van der Waals surface area contributed by atoms with Gasteiger partial charge in [0.25, 0.3) is 0 Å². The molecule has 0 spiro atoms. The highest BCUT2D eigenvalue weighted by Gasteiger charge is 2.13. The molecule has 0 heterocycles. The van der Waals surface area contributed by atoms with Crippen LogP contribution in [-0.4, -0.2) is 25.5 Å². The van der Waals surface area contributed by atoms with E-state index in [1.807, 2.05) is 0 Å². The lowest BCUT2D eigenvalue weighted by molar-refractivity contribution is -0.136. The van der Waals surface area contributed by atoms with Crippen molar-refractivity contribution in [1.29, 1.82) is 0 Å². The number of hydrogen-bond donors (Lipinski definition) is 0. The van der Waals surface area contributed by atoms with Crippen LogP contribution in [0.15, 0.2) is 40.9 Å². The maximum absolute atomic E-state index is 11.9. The van der Waals surface area contributed by atoms with Crippen LogP contribution in [0.25, 0.3) is 0 Å². The van der Waals surface area contributed by atoms with Crippen molar-refractivity contribution >= 4 is 39.3 Å². The average molecular weight is 414 g/mol. The molecular formula is C17H14BrClO5. The van der Waals surface area contributed by atoms with E-state index in [1.54, 1.807) is 36.4 Å². The van der Waals surface area contributed by atoms with Crippen molar-refractivity contribution in [3.05, 3.63) is 51.5 Å². The van der Waals surface area contributed by atoms with Gasteiger partial charge >= 0.3 is 5.97 Å². The van der Waals surface area contributed by atoms with Gasteiger partial charge in [0.15, 0.2) is 23.9 Å². The van der Waals surface area contributed by atoms with Crippen molar-refractivity contribution in [3.8, 4) is 17.2 Å². The SMILES string of the molecule is COc1cc(C(C)=O)ccc1OCC(=O)Oc1ccc(Cl)cc1Br. The minimum Gasteiger partial charge on any atom is -0.493 e. The highest BCUT2D eigenvalue weighted by atomic mass is 79.9. The fourth-order valence-corrected chi connectivity index (χ4v) is 2.62. The third kappa shape index (κ3) is 4.72. The molecule has 0 saturated heterocycles. The normalized spacial score (nSPS) is 10.2. The van der Waals surface area contributed by atoms with Crippen molar-refractivity contribution in [2.45, 2.75) is 6.92 Å². The van der Waals surface area contributed by atoms with Crippen LogP contribution in [0, 0.1) is 0 Å². The number of ether oxygens (including phenoxy) is 3. The summed E-state index contributed by atoms with van der Waals surface area (Å²) < 4.78 is 16.3. The molecule has 2 aromatic rings. The molecule has 0 radical (unpaired) electrons. The molecule has 0 aromatic heterocycles. The summed E-state index contributed by atoms with van der Waals surface area (Å²) in [5, 5.41) is 0.522. The van der Waals surface area contributed by atoms with E-state index in [2.05, 4.69) is 15.9 Å². The minimum atomic E-state index is -0.587. The maximum atomic E-state index is 11.9. The van der Waals surface area contributed by atoms with Crippen molar-refractivity contribution in [2.24, 2.45) is 0 Å². The molecule has 2 rings (SSSR count). The first-order chi connectivity index (χ1) is 11.4. The minimum absolute atomic E-state index is 0.0909. The van der Waals surface area contributed by atoms with Gasteiger partial charge in [-0.3, -0.25) is 4.79 Å². The van der Waals surface area contributed by atoms with Crippen LogP contribution in [0.1, 0.15) is 17.3 Å². The highest BCUT2D eigenvalue weighted by molar-refractivity contribution is 9.10. The third-order valence-corrected chi connectivity index (χ3v) is 3.89. The second-order valence-corrected chi connectivity index (χ2v) is 6.05. The Balaban J connectivity index is 2.02. The Morgan fingerprint density at radius 3 is 2.42 bits per heavy atom. The van der Waals surface area contributed by atoms with Crippen molar-refractivity contribution in [1.82, 2.24) is 0 Å². The van der Waals surface area contributed by atoms with E-state index in [1.165, 1.54) is 14.0 Å². The number of benzene rings is 2. The summed E-state index contributed by atoms with van der Waals surface area (Å²) in [6.45, 7) is 1.14. The smallest absolute Gasteiger partial charge is 0.349 e. The van der Waals surface area contributed by atoms with Crippen LogP contribution in [0.5, 0.6) is 17.2 Å². The van der Waals surface area contributed by atoms with E-state index in [4.69, 9.17) is 25.8 Å². The number of methoxy groups -OCH3 is 1. The van der Waals surface area contributed by atoms with Gasteiger partial charge in [-0.25, -0.2) is 4.79 Å². The third-order valence-electron chi connectivity index (χ3n) is 3.03. The molecule has 24 heavy (non-hydrogen) atoms. The molecular weight excluding hydrogens is 400 g/mol. The molecule has 0 aliphatic heterocycles. The lowest BCUT2D eigenvalue weighted by Crippen LogP contribution is -2.18.